The number of nitrogens with zero attached hydrogens (tertiary/aromatic N) is 1. The lowest BCUT2D eigenvalue weighted by Crippen LogP contribution is -2.39. The molecule has 3 nitrogen and oxygen atoms in total. The molecule has 1 aliphatic heterocycles. The first-order valence-electron chi connectivity index (χ1n) is 7.28. The third-order valence-corrected chi connectivity index (χ3v) is 5.86. The Balaban J connectivity index is 1.95. The van der Waals surface area contributed by atoms with Crippen molar-refractivity contribution in [3.05, 3.63) is 35.4 Å². The molecule has 0 N–H and O–H groups in total. The molecule has 21 heavy (non-hydrogen) atoms. The van der Waals surface area contributed by atoms with Crippen molar-refractivity contribution in [1.82, 2.24) is 4.90 Å². The highest BCUT2D eigenvalue weighted by molar-refractivity contribution is 7.91. The van der Waals surface area contributed by atoms with Gasteiger partial charge in [-0.1, -0.05) is 37.7 Å². The molecule has 1 aromatic carbocycles. The minimum atomic E-state index is -2.79. The Labute approximate surface area is 129 Å². The molecule has 0 aromatic heterocycles. The molecule has 0 spiro atoms. The number of benzene rings is 1. The smallest absolute Gasteiger partial charge is 0.152 e. The molecule has 0 bridgehead atoms. The number of sulfone groups is 1. The van der Waals surface area contributed by atoms with Crippen molar-refractivity contribution < 1.29 is 8.42 Å². The summed E-state index contributed by atoms with van der Waals surface area (Å²) in [6, 6.07) is 8.31. The van der Waals surface area contributed by atoms with Crippen molar-refractivity contribution in [3.8, 4) is 11.5 Å². The third kappa shape index (κ3) is 5.66. The lowest BCUT2D eigenvalue weighted by Gasteiger charge is -2.26. The predicted molar refractivity (Wildman–Crippen MR) is 90.6 cm³/mol. The monoisotopic (exact) mass is 321 g/mol. The standard InChI is InChI=1S/C16H23NO2SSi/c1-21(2,3)13-8-15-4-6-16(7-5-15)14-17-9-11-20(18,19)12-10-17/h4-7H,9-12,14H2,1-3H3. The van der Waals surface area contributed by atoms with Crippen LogP contribution in [0.25, 0.3) is 0 Å². The fourth-order valence-corrected chi connectivity index (χ4v) is 3.92. The van der Waals surface area contributed by atoms with E-state index in [1.165, 1.54) is 5.56 Å². The van der Waals surface area contributed by atoms with Crippen molar-refractivity contribution in [2.75, 3.05) is 24.6 Å². The summed E-state index contributed by atoms with van der Waals surface area (Å²) in [6.07, 6.45) is 0. The van der Waals surface area contributed by atoms with Crippen LogP contribution in [0.15, 0.2) is 24.3 Å². The van der Waals surface area contributed by atoms with Crippen LogP contribution in [0.4, 0.5) is 0 Å². The molecule has 1 fully saturated rings. The molecule has 0 aliphatic carbocycles. The van der Waals surface area contributed by atoms with Gasteiger partial charge in [0.25, 0.3) is 0 Å². The predicted octanol–water partition coefficient (Wildman–Crippen LogP) is 2.15. The van der Waals surface area contributed by atoms with E-state index in [9.17, 15) is 8.42 Å². The lowest BCUT2D eigenvalue weighted by molar-refractivity contribution is 0.287. The summed E-state index contributed by atoms with van der Waals surface area (Å²) in [7, 11) is -4.12. The van der Waals surface area contributed by atoms with Crippen LogP contribution in [0.2, 0.25) is 19.6 Å². The summed E-state index contributed by atoms with van der Waals surface area (Å²) in [4.78, 5) is 2.20. The van der Waals surface area contributed by atoms with Gasteiger partial charge < -0.3 is 0 Å². The van der Waals surface area contributed by atoms with Gasteiger partial charge in [-0.3, -0.25) is 4.90 Å². The second kappa shape index (κ2) is 6.35. The van der Waals surface area contributed by atoms with Crippen molar-refractivity contribution in [2.45, 2.75) is 26.2 Å². The van der Waals surface area contributed by atoms with E-state index < -0.39 is 17.9 Å². The van der Waals surface area contributed by atoms with Crippen LogP contribution in [0.5, 0.6) is 0 Å². The Kier molecular flexibility index (Phi) is 4.92. The van der Waals surface area contributed by atoms with Crippen LogP contribution in [0.1, 0.15) is 11.1 Å². The highest BCUT2D eigenvalue weighted by Gasteiger charge is 2.21. The molecule has 0 radical (unpaired) electrons. The molecule has 1 heterocycles. The quantitative estimate of drug-likeness (QED) is 0.619. The zero-order chi connectivity index (χ0) is 15.5. The van der Waals surface area contributed by atoms with Crippen molar-refractivity contribution in [3.63, 3.8) is 0 Å². The fraction of sp³-hybridized carbons (Fsp3) is 0.500. The number of rotatable bonds is 2. The molecule has 1 saturated heterocycles. The molecule has 0 unspecified atom stereocenters. The highest BCUT2D eigenvalue weighted by Crippen LogP contribution is 2.11. The summed E-state index contributed by atoms with van der Waals surface area (Å²) in [6.45, 7) is 8.80. The van der Waals surface area contributed by atoms with E-state index in [4.69, 9.17) is 0 Å². The molecule has 1 aromatic rings. The third-order valence-electron chi connectivity index (χ3n) is 3.38. The van der Waals surface area contributed by atoms with Gasteiger partial charge in [0.2, 0.25) is 0 Å². The van der Waals surface area contributed by atoms with E-state index in [0.717, 1.165) is 12.1 Å². The van der Waals surface area contributed by atoms with Gasteiger partial charge in [-0.25, -0.2) is 8.42 Å². The Morgan fingerprint density at radius 1 is 1.10 bits per heavy atom. The second-order valence-corrected chi connectivity index (χ2v) is 13.7. The highest BCUT2D eigenvalue weighted by atomic mass is 32.2. The molecule has 114 valence electrons. The van der Waals surface area contributed by atoms with E-state index in [-0.39, 0.29) is 11.5 Å². The van der Waals surface area contributed by atoms with Gasteiger partial charge in [-0.2, -0.15) is 0 Å². The summed E-state index contributed by atoms with van der Waals surface area (Å²) in [5.41, 5.74) is 5.63. The molecular weight excluding hydrogens is 298 g/mol. The molecule has 0 atom stereocenters. The van der Waals surface area contributed by atoms with Crippen molar-refractivity contribution in [1.29, 1.82) is 0 Å². The van der Waals surface area contributed by atoms with Gasteiger partial charge >= 0.3 is 0 Å². The van der Waals surface area contributed by atoms with Crippen LogP contribution in [-0.4, -0.2) is 46.0 Å². The maximum absolute atomic E-state index is 11.4. The largest absolute Gasteiger partial charge is 0.297 e. The second-order valence-electron chi connectivity index (χ2n) is 6.62. The maximum Gasteiger partial charge on any atom is 0.152 e. The van der Waals surface area contributed by atoms with E-state index in [2.05, 4.69) is 60.3 Å². The molecule has 5 heteroatoms. The average molecular weight is 322 g/mol. The van der Waals surface area contributed by atoms with Crippen LogP contribution in [0.3, 0.4) is 0 Å². The first-order chi connectivity index (χ1) is 9.73. The minimum absolute atomic E-state index is 0.284. The van der Waals surface area contributed by atoms with Crippen LogP contribution >= 0.6 is 0 Å². The van der Waals surface area contributed by atoms with Gasteiger partial charge in [0.15, 0.2) is 9.84 Å². The molecule has 2 rings (SSSR count). The van der Waals surface area contributed by atoms with Gasteiger partial charge in [0, 0.05) is 25.2 Å². The van der Waals surface area contributed by atoms with Gasteiger partial charge in [-0.15, -0.1) is 5.54 Å². The summed E-state index contributed by atoms with van der Waals surface area (Å²) < 4.78 is 22.8. The summed E-state index contributed by atoms with van der Waals surface area (Å²) >= 11 is 0. The van der Waals surface area contributed by atoms with Gasteiger partial charge in [-0.05, 0) is 17.7 Å². The van der Waals surface area contributed by atoms with E-state index >= 15 is 0 Å². The van der Waals surface area contributed by atoms with Crippen LogP contribution in [0, 0.1) is 11.5 Å². The minimum Gasteiger partial charge on any atom is -0.297 e. The zero-order valence-corrected chi connectivity index (χ0v) is 14.8. The normalized spacial score (nSPS) is 18.8. The summed E-state index contributed by atoms with van der Waals surface area (Å²) in [5.74, 6) is 3.81. The molecule has 0 saturated carbocycles. The summed E-state index contributed by atoms with van der Waals surface area (Å²) in [5, 5.41) is 0. The van der Waals surface area contributed by atoms with E-state index in [1.807, 2.05) is 0 Å². The number of hydrogen-bond donors (Lipinski definition) is 0. The average Bonchev–Trinajstić information content (AvgIpc) is 2.40. The maximum atomic E-state index is 11.4. The Bertz CT molecular complexity index is 634. The van der Waals surface area contributed by atoms with E-state index in [1.54, 1.807) is 0 Å². The number of hydrogen-bond acceptors (Lipinski definition) is 3. The molecule has 0 amide bonds. The first kappa shape index (κ1) is 16.3. The van der Waals surface area contributed by atoms with Crippen LogP contribution < -0.4 is 0 Å². The topological polar surface area (TPSA) is 37.4 Å². The first-order valence-corrected chi connectivity index (χ1v) is 12.6. The molecular formula is C16H23NO2SSi. The van der Waals surface area contributed by atoms with Crippen molar-refractivity contribution in [2.24, 2.45) is 0 Å². The van der Waals surface area contributed by atoms with E-state index in [0.29, 0.717) is 13.1 Å². The zero-order valence-electron chi connectivity index (χ0n) is 13.0. The Hall–Kier alpha value is -1.09. The van der Waals surface area contributed by atoms with Crippen LogP contribution in [-0.2, 0) is 16.4 Å². The molecule has 1 aliphatic rings. The van der Waals surface area contributed by atoms with Gasteiger partial charge in [0.05, 0.1) is 11.5 Å². The van der Waals surface area contributed by atoms with Gasteiger partial charge in [0.1, 0.15) is 8.07 Å². The Morgan fingerprint density at radius 2 is 1.67 bits per heavy atom. The van der Waals surface area contributed by atoms with Crippen molar-refractivity contribution >= 4 is 17.9 Å². The Morgan fingerprint density at radius 3 is 2.19 bits per heavy atom. The fourth-order valence-electron chi connectivity index (χ4n) is 2.12. The lowest BCUT2D eigenvalue weighted by atomic mass is 10.1. The SMILES string of the molecule is C[Si](C)(C)C#Cc1ccc(CN2CCS(=O)(=O)CC2)cc1.